The number of benzene rings is 1. The zero-order valence-electron chi connectivity index (χ0n) is 11.8. The van der Waals surface area contributed by atoms with Crippen LogP contribution in [-0.4, -0.2) is 44.4 Å². The Bertz CT molecular complexity index is 616. The van der Waals surface area contributed by atoms with Gasteiger partial charge in [-0.05, 0) is 24.3 Å². The van der Waals surface area contributed by atoms with Crippen molar-refractivity contribution in [1.29, 1.82) is 0 Å². The fourth-order valence-electron chi connectivity index (χ4n) is 2.31. The third-order valence-electron chi connectivity index (χ3n) is 3.52. The van der Waals surface area contributed by atoms with Gasteiger partial charge in [-0.3, -0.25) is 0 Å². The topological polar surface area (TPSA) is 46.6 Å². The molecule has 0 N–H and O–H groups in total. The lowest BCUT2D eigenvalue weighted by Gasteiger charge is -2.24. The van der Waals surface area contributed by atoms with E-state index >= 15 is 0 Å². The molecule has 0 aliphatic carbocycles. The van der Waals surface area contributed by atoms with Crippen LogP contribution >= 0.6 is 35.0 Å². The van der Waals surface area contributed by atoms with E-state index in [1.165, 1.54) is 17.5 Å². The van der Waals surface area contributed by atoms with Gasteiger partial charge in [-0.25, -0.2) is 8.42 Å². The molecule has 118 valence electrons. The largest absolute Gasteiger partial charge is 0.495 e. The minimum Gasteiger partial charge on any atom is -0.495 e. The molecule has 0 radical (unpaired) electrons. The molecule has 0 spiro atoms. The normalized spacial score (nSPS) is 19.2. The van der Waals surface area contributed by atoms with Crippen LogP contribution in [0.4, 0.5) is 0 Å². The minimum absolute atomic E-state index is 0.00291. The van der Waals surface area contributed by atoms with Crippen molar-refractivity contribution < 1.29 is 13.2 Å². The Morgan fingerprint density at radius 2 is 2.19 bits per heavy atom. The molecular formula is C13H17Cl2NO3S2. The molecule has 0 bridgehead atoms. The summed E-state index contributed by atoms with van der Waals surface area (Å²) < 4.78 is 32.4. The van der Waals surface area contributed by atoms with Crippen LogP contribution in [-0.2, 0) is 15.9 Å². The Kier molecular flexibility index (Phi) is 5.71. The van der Waals surface area contributed by atoms with Gasteiger partial charge in [-0.1, -0.05) is 11.6 Å². The second-order valence-electron chi connectivity index (χ2n) is 4.77. The molecule has 1 atom stereocenters. The molecule has 0 saturated carbocycles. The van der Waals surface area contributed by atoms with Gasteiger partial charge < -0.3 is 4.74 Å². The molecular weight excluding hydrogens is 353 g/mol. The number of hydrogen-bond acceptors (Lipinski definition) is 4. The lowest BCUT2D eigenvalue weighted by atomic mass is 10.2. The standard InChI is InChI=1S/C13H17Cl2NO3S2/c1-16(11-3-4-20-8-11)21(17,18)12-6-10(15)5-9(7-14)13(12)19-2/h5-6,11H,3-4,7-8H2,1-2H3. The van der Waals surface area contributed by atoms with Gasteiger partial charge in [-0.2, -0.15) is 16.1 Å². The number of ether oxygens (including phenoxy) is 1. The number of halogens is 2. The van der Waals surface area contributed by atoms with Crippen molar-refractivity contribution in [3.05, 3.63) is 22.7 Å². The van der Waals surface area contributed by atoms with E-state index in [9.17, 15) is 8.42 Å². The Morgan fingerprint density at radius 1 is 1.48 bits per heavy atom. The smallest absolute Gasteiger partial charge is 0.246 e. The Morgan fingerprint density at radius 3 is 2.71 bits per heavy atom. The lowest BCUT2D eigenvalue weighted by molar-refractivity contribution is 0.378. The summed E-state index contributed by atoms with van der Waals surface area (Å²) in [6.45, 7) is 0. The molecule has 1 saturated heterocycles. The van der Waals surface area contributed by atoms with Crippen molar-refractivity contribution in [2.75, 3.05) is 25.7 Å². The molecule has 4 nitrogen and oxygen atoms in total. The van der Waals surface area contributed by atoms with Crippen LogP contribution < -0.4 is 4.74 Å². The summed E-state index contributed by atoms with van der Waals surface area (Å²) in [4.78, 5) is 0.0764. The quantitative estimate of drug-likeness (QED) is 0.747. The van der Waals surface area contributed by atoms with Gasteiger partial charge in [0.1, 0.15) is 10.6 Å². The highest BCUT2D eigenvalue weighted by atomic mass is 35.5. The van der Waals surface area contributed by atoms with E-state index in [1.54, 1.807) is 24.9 Å². The fraction of sp³-hybridized carbons (Fsp3) is 0.538. The molecule has 1 aliphatic heterocycles. The first kappa shape index (κ1) is 17.2. The second-order valence-corrected chi connectivity index (χ2v) is 8.59. The first-order valence-corrected chi connectivity index (χ1v) is 9.90. The van der Waals surface area contributed by atoms with Gasteiger partial charge in [0, 0.05) is 29.4 Å². The van der Waals surface area contributed by atoms with Crippen molar-refractivity contribution in [2.24, 2.45) is 0 Å². The maximum atomic E-state index is 12.9. The predicted molar refractivity (Wildman–Crippen MR) is 88.2 cm³/mol. The molecule has 21 heavy (non-hydrogen) atoms. The van der Waals surface area contributed by atoms with Gasteiger partial charge in [0.25, 0.3) is 0 Å². The van der Waals surface area contributed by atoms with Gasteiger partial charge >= 0.3 is 0 Å². The van der Waals surface area contributed by atoms with E-state index in [1.807, 2.05) is 0 Å². The van der Waals surface area contributed by atoms with E-state index in [2.05, 4.69) is 0 Å². The summed E-state index contributed by atoms with van der Waals surface area (Å²) in [5.41, 5.74) is 0.569. The average molecular weight is 370 g/mol. The van der Waals surface area contributed by atoms with Crippen molar-refractivity contribution in [3.8, 4) is 5.75 Å². The monoisotopic (exact) mass is 369 g/mol. The molecule has 1 fully saturated rings. The Hall–Kier alpha value is -0.140. The number of hydrogen-bond donors (Lipinski definition) is 0. The van der Waals surface area contributed by atoms with Crippen LogP contribution in [0.3, 0.4) is 0 Å². The first-order chi connectivity index (χ1) is 9.91. The summed E-state index contributed by atoms with van der Waals surface area (Å²) >= 11 is 13.6. The summed E-state index contributed by atoms with van der Waals surface area (Å²) in [5.74, 6) is 2.19. The van der Waals surface area contributed by atoms with Crippen molar-refractivity contribution in [3.63, 3.8) is 0 Å². The molecule has 2 rings (SSSR count). The summed E-state index contributed by atoms with van der Waals surface area (Å²) in [7, 11) is -0.630. The van der Waals surface area contributed by atoms with E-state index < -0.39 is 10.0 Å². The van der Waals surface area contributed by atoms with Gasteiger partial charge in [0.2, 0.25) is 10.0 Å². The highest BCUT2D eigenvalue weighted by molar-refractivity contribution is 7.99. The minimum atomic E-state index is -3.67. The molecule has 8 heteroatoms. The Balaban J connectivity index is 2.50. The number of thioether (sulfide) groups is 1. The van der Waals surface area contributed by atoms with Crippen LogP contribution in [0.1, 0.15) is 12.0 Å². The van der Waals surface area contributed by atoms with E-state index in [0.29, 0.717) is 10.6 Å². The average Bonchev–Trinajstić information content (AvgIpc) is 2.99. The van der Waals surface area contributed by atoms with Crippen molar-refractivity contribution in [2.45, 2.75) is 23.2 Å². The number of nitrogens with zero attached hydrogens (tertiary/aromatic N) is 1. The Labute approximate surface area is 139 Å². The lowest BCUT2D eigenvalue weighted by Crippen LogP contribution is -2.37. The number of alkyl halides is 1. The summed E-state index contributed by atoms with van der Waals surface area (Å²) in [6, 6.07) is 3.05. The maximum Gasteiger partial charge on any atom is 0.246 e. The highest BCUT2D eigenvalue weighted by Crippen LogP contribution is 2.36. The zero-order valence-corrected chi connectivity index (χ0v) is 14.9. The van der Waals surface area contributed by atoms with Crippen molar-refractivity contribution in [1.82, 2.24) is 4.31 Å². The van der Waals surface area contributed by atoms with Crippen LogP contribution in [0.2, 0.25) is 5.02 Å². The van der Waals surface area contributed by atoms with Crippen molar-refractivity contribution >= 4 is 45.0 Å². The van der Waals surface area contributed by atoms with Crippen LogP contribution in [0.5, 0.6) is 5.75 Å². The van der Waals surface area contributed by atoms with Gasteiger partial charge in [-0.15, -0.1) is 11.6 Å². The maximum absolute atomic E-state index is 12.9. The molecule has 1 aliphatic rings. The summed E-state index contributed by atoms with van der Waals surface area (Å²) in [5, 5.41) is 0.333. The third kappa shape index (κ3) is 3.45. The number of methoxy groups -OCH3 is 1. The van der Waals surface area contributed by atoms with E-state index in [-0.39, 0.29) is 22.6 Å². The SMILES string of the molecule is COc1c(CCl)cc(Cl)cc1S(=O)(=O)N(C)C1CCSC1. The van der Waals surface area contributed by atoms with Gasteiger partial charge in [0.05, 0.1) is 13.0 Å². The fourth-order valence-corrected chi connectivity index (χ4v) is 5.78. The predicted octanol–water partition coefficient (Wildman–Crippen LogP) is 3.21. The highest BCUT2D eigenvalue weighted by Gasteiger charge is 2.33. The van der Waals surface area contributed by atoms with E-state index in [4.69, 9.17) is 27.9 Å². The van der Waals surface area contributed by atoms with Crippen LogP contribution in [0.15, 0.2) is 17.0 Å². The second kappa shape index (κ2) is 6.96. The zero-order chi connectivity index (χ0) is 15.6. The van der Waals surface area contributed by atoms with E-state index in [0.717, 1.165) is 17.9 Å². The molecule has 1 unspecified atom stereocenters. The molecule has 0 amide bonds. The van der Waals surface area contributed by atoms with Crippen LogP contribution in [0, 0.1) is 0 Å². The first-order valence-electron chi connectivity index (χ1n) is 6.40. The van der Waals surface area contributed by atoms with Crippen LogP contribution in [0.25, 0.3) is 0 Å². The molecule has 1 aromatic rings. The molecule has 1 heterocycles. The third-order valence-corrected chi connectivity index (χ3v) is 7.09. The van der Waals surface area contributed by atoms with Gasteiger partial charge in [0.15, 0.2) is 0 Å². The molecule has 1 aromatic carbocycles. The number of sulfonamides is 1. The molecule has 0 aromatic heterocycles. The summed E-state index contributed by atoms with van der Waals surface area (Å²) in [6.07, 6.45) is 0.853. The number of rotatable bonds is 5.